The molecule has 2 aliphatic heterocycles. The zero-order valence-electron chi connectivity index (χ0n) is 76.8. The van der Waals surface area contributed by atoms with E-state index in [1.807, 2.05) is 13.8 Å². The SMILES string of the molecule is C.CCCC[C@H]1C(=O)N(C)[C@@H](CCCC)C(=O)N[C@@H](CCCNC(=N)N)C(=O)N[C@H](C(=O)NCC(N)=O)CSCC(=O)N[C@@H](Cc2ccccc2)C(=O)N(C)[C@@H](C)C(=O)N[C@@H](CCC(N)=O)C(=O)N2CCC[C@H]2C(=O)N[C@@H](Cc2cnc[nH]2)C(=O)N[C@@H](CC(C)C)C(=O)N(C)CC(=O)C[C@@H](Cc2c[nH]c3ccccc23)C(=O)N[C@@H](CO)C(=O)N[C@@H](Cc2c[nH]c3ccccc23)C(=O)N1C. The number of amides is 16. The fourth-order valence-corrected chi connectivity index (χ4v) is 17.1. The molecule has 3 aromatic carbocycles. The summed E-state index contributed by atoms with van der Waals surface area (Å²) >= 11 is 0.804. The minimum absolute atomic E-state index is 0. The molecule has 0 saturated carbocycles. The van der Waals surface area contributed by atoms with E-state index >= 15 is 24.0 Å². The third-order valence-corrected chi connectivity index (χ3v) is 24.7. The van der Waals surface area contributed by atoms with Crippen LogP contribution in [0.15, 0.2) is 104 Å². The lowest BCUT2D eigenvalue weighted by Gasteiger charge is -2.36. The number of aromatic nitrogens is 4. The number of nitrogens with one attached hydrogen (secondary N) is 14. The molecular formula is C92H133N23O18S. The van der Waals surface area contributed by atoms with Crippen molar-refractivity contribution in [3.8, 4) is 0 Å². The average Bonchev–Trinajstić information content (AvgIpc) is 1.38. The summed E-state index contributed by atoms with van der Waals surface area (Å²) in [5.41, 5.74) is 20.1. The average molecular weight is 1880 g/mol. The fraction of sp³-hybridized carbons (Fsp3) is 0.533. The first-order valence-corrected chi connectivity index (χ1v) is 46.1. The number of nitrogens with two attached hydrogens (primary N) is 3. The summed E-state index contributed by atoms with van der Waals surface area (Å²) in [7, 11) is 5.34. The number of imidazole rings is 1. The number of carbonyl (C=O) groups excluding carboxylic acids is 17. The molecule has 5 heterocycles. The molecule has 41 nitrogen and oxygen atoms in total. The number of aromatic amines is 3. The molecule has 21 N–H and O–H groups in total. The highest BCUT2D eigenvalue weighted by atomic mass is 32.2. The van der Waals surface area contributed by atoms with Crippen molar-refractivity contribution >= 4 is 140 Å². The van der Waals surface area contributed by atoms with Crippen molar-refractivity contribution < 1.29 is 86.6 Å². The zero-order chi connectivity index (χ0) is 97.3. The molecule has 2 aliphatic rings. The molecule has 0 bridgehead atoms. The topological polar surface area (TPSA) is 609 Å². The number of guanidine groups is 1. The van der Waals surface area contributed by atoms with E-state index in [4.69, 9.17) is 22.6 Å². The minimum atomic E-state index is -1.81. The summed E-state index contributed by atoms with van der Waals surface area (Å²) in [4.78, 5) is 268. The molecule has 730 valence electrons. The number of hydrogen-bond acceptors (Lipinski definition) is 21. The number of nitrogens with zero attached hydrogens (tertiary/aromatic N) is 6. The number of H-pyrrole nitrogens is 3. The Labute approximate surface area is 783 Å². The first kappa shape index (κ1) is 108. The van der Waals surface area contributed by atoms with Crippen LogP contribution in [-0.2, 0) is 107 Å². The Hall–Kier alpha value is -13.3. The van der Waals surface area contributed by atoms with Crippen LogP contribution in [0.5, 0.6) is 0 Å². The first-order chi connectivity index (χ1) is 63.4. The maximum Gasteiger partial charge on any atom is 0.245 e. The van der Waals surface area contributed by atoms with Gasteiger partial charge in [0.2, 0.25) is 94.5 Å². The van der Waals surface area contributed by atoms with Gasteiger partial charge >= 0.3 is 0 Å². The molecule has 13 atom stereocenters. The highest BCUT2D eigenvalue weighted by Gasteiger charge is 2.44. The minimum Gasteiger partial charge on any atom is -0.394 e. The number of benzene rings is 3. The van der Waals surface area contributed by atoms with E-state index in [1.165, 1.54) is 57.4 Å². The smallest absolute Gasteiger partial charge is 0.245 e. The van der Waals surface area contributed by atoms with E-state index < -0.39 is 229 Å². The van der Waals surface area contributed by atoms with Gasteiger partial charge in [-0.25, -0.2) is 4.98 Å². The normalized spacial score (nSPS) is 23.3. The maximum absolute atomic E-state index is 15.7. The third kappa shape index (κ3) is 31.4. The number of aliphatic hydroxyl groups is 1. The second-order valence-electron chi connectivity index (χ2n) is 34.3. The van der Waals surface area contributed by atoms with Crippen LogP contribution in [0, 0.1) is 17.2 Å². The Morgan fingerprint density at radius 1 is 0.560 bits per heavy atom. The van der Waals surface area contributed by atoms with Crippen molar-refractivity contribution in [3.05, 3.63) is 126 Å². The number of likely N-dealkylation sites (N-methyl/N-ethyl adjacent to an activating group) is 4. The van der Waals surface area contributed by atoms with Crippen LogP contribution < -0.4 is 70.4 Å². The molecule has 42 heteroatoms. The zero-order valence-corrected chi connectivity index (χ0v) is 77.6. The van der Waals surface area contributed by atoms with E-state index in [0.717, 1.165) is 26.5 Å². The summed E-state index contributed by atoms with van der Waals surface area (Å²) < 4.78 is 0. The second kappa shape index (κ2) is 52.8. The molecule has 0 unspecified atom stereocenters. The van der Waals surface area contributed by atoms with E-state index in [1.54, 1.807) is 105 Å². The van der Waals surface area contributed by atoms with Gasteiger partial charge in [0, 0.05) is 131 Å². The Morgan fingerprint density at radius 3 is 1.74 bits per heavy atom. The number of hydrogen-bond donors (Lipinski definition) is 18. The maximum atomic E-state index is 15.7. The van der Waals surface area contributed by atoms with E-state index in [9.17, 15) is 62.6 Å². The van der Waals surface area contributed by atoms with Gasteiger partial charge in [0.15, 0.2) is 11.7 Å². The van der Waals surface area contributed by atoms with Crippen molar-refractivity contribution in [3.63, 3.8) is 0 Å². The predicted octanol–water partition coefficient (Wildman–Crippen LogP) is -0.0210. The number of rotatable bonds is 27. The number of Topliss-reactive ketones (excluding diaryl/α,β-unsaturated/α-hetero) is 1. The summed E-state index contributed by atoms with van der Waals surface area (Å²) in [6.45, 7) is 6.20. The molecule has 0 radical (unpaired) electrons. The Kier molecular flexibility index (Phi) is 42.5. The molecule has 3 aromatic heterocycles. The predicted molar refractivity (Wildman–Crippen MR) is 502 cm³/mol. The molecule has 6 aromatic rings. The number of fused-ring (bicyclic) bond motifs is 3. The number of aliphatic hydroxyl groups excluding tert-OH is 1. The molecule has 0 aliphatic carbocycles. The number of thioether (sulfide) groups is 1. The van der Waals surface area contributed by atoms with Crippen LogP contribution in [0.2, 0.25) is 0 Å². The van der Waals surface area contributed by atoms with Crippen molar-refractivity contribution in [1.82, 2.24) is 97.6 Å². The number of carbonyl (C=O) groups is 17. The highest BCUT2D eigenvalue weighted by Crippen LogP contribution is 2.28. The third-order valence-electron chi connectivity index (χ3n) is 23.7. The van der Waals surface area contributed by atoms with Crippen molar-refractivity contribution in [2.45, 2.75) is 230 Å². The van der Waals surface area contributed by atoms with Gasteiger partial charge in [-0.2, -0.15) is 0 Å². The van der Waals surface area contributed by atoms with E-state index in [2.05, 4.69) is 73.1 Å². The lowest BCUT2D eigenvalue weighted by molar-refractivity contribution is -0.149. The van der Waals surface area contributed by atoms with Crippen molar-refractivity contribution in [2.75, 3.05) is 72.5 Å². The van der Waals surface area contributed by atoms with Gasteiger partial charge in [0.1, 0.15) is 72.5 Å². The summed E-state index contributed by atoms with van der Waals surface area (Å²) in [6, 6.07) is 5.08. The first-order valence-electron chi connectivity index (χ1n) is 44.9. The molecule has 0 spiro atoms. The number of ketones is 1. The lowest BCUT2D eigenvalue weighted by Crippen LogP contribution is -2.61. The van der Waals surface area contributed by atoms with Crippen LogP contribution in [-0.4, -0.2) is 301 Å². The van der Waals surface area contributed by atoms with Gasteiger partial charge in [-0.15, -0.1) is 11.8 Å². The standard InChI is InChI=1S/C91H129N23O18S.CH4/c1-10-12-30-72-84(126)103-64(29-21-35-97-91(94)95)81(123)109-71(80(122)100-46-76(93)118)49-133-50-77(119)102-68(38-54-23-15-14-16-24-54)87(129)111(7)53(5)78(120)104-65(33-34-75(92)117)89(131)114-36-22-32-73(114)85(127)105-66(42-58-45-96-51-101-58)82(124)106-67(37-52(3)4)86(128)110(6)47-59(116)40-55(39-56-43-98-62-27-19-17-25-60(56)62)79(121)108-70(48-115)83(125)107-69(41-57-44-99-63-28-20-18-26-61(57)63)88(130)113(9)74(31-13-11-2)90(132)112(72)8;/h14-20,23-28,43-45,51-53,55,64-74,98-99,115H,10-13,21-22,29-42,46-50H2,1-9H3,(H2,92,117)(H2,93,118)(H,96,101)(H,100,122)(H,102,119)(H,103,126)(H,104,120)(H,105,127)(H,106,124)(H,107,125)(H,108,121)(H,109,123)(H4,94,95,97);1H4/t53-,55+,64-,65-,66-,67-,68-,69-,70-,71-,72-,73-,74-;/m0./s1. The molecule has 2 saturated heterocycles. The number of primary amides is 2. The second-order valence-corrected chi connectivity index (χ2v) is 35.3. The van der Waals surface area contributed by atoms with Gasteiger partial charge in [-0.1, -0.05) is 128 Å². The van der Waals surface area contributed by atoms with Crippen LogP contribution >= 0.6 is 11.8 Å². The van der Waals surface area contributed by atoms with Crippen LogP contribution in [0.3, 0.4) is 0 Å². The van der Waals surface area contributed by atoms with Gasteiger partial charge in [-0.05, 0) is 99.5 Å². The molecule has 16 amide bonds. The Balaban J connectivity index is 0.0000245. The van der Waals surface area contributed by atoms with Gasteiger partial charge < -0.3 is 115 Å². The van der Waals surface area contributed by atoms with Crippen LogP contribution in [0.4, 0.5) is 0 Å². The highest BCUT2D eigenvalue weighted by molar-refractivity contribution is 8.00. The van der Waals surface area contributed by atoms with E-state index in [-0.39, 0.29) is 103 Å². The monoisotopic (exact) mass is 1880 g/mol. The summed E-state index contributed by atoms with van der Waals surface area (Å²) in [6.07, 6.45) is 5.79. The number of unbranched alkanes of at least 4 members (excludes halogenated alkanes) is 2. The molecule has 2 fully saturated rings. The largest absolute Gasteiger partial charge is 0.394 e. The van der Waals surface area contributed by atoms with Gasteiger partial charge in [0.05, 0.1) is 31.8 Å². The molecule has 8 rings (SSSR count). The Morgan fingerprint density at radius 2 is 1.13 bits per heavy atom. The Bertz CT molecular complexity index is 5070. The summed E-state index contributed by atoms with van der Waals surface area (Å²) in [5, 5.41) is 47.1. The fourth-order valence-electron chi connectivity index (χ4n) is 16.2. The molecule has 134 heavy (non-hydrogen) atoms. The summed E-state index contributed by atoms with van der Waals surface area (Å²) in [5.74, 6) is -17.4. The lowest BCUT2D eigenvalue weighted by atomic mass is 9.92. The van der Waals surface area contributed by atoms with Gasteiger partial charge in [0.25, 0.3) is 0 Å². The van der Waals surface area contributed by atoms with Crippen molar-refractivity contribution in [1.29, 1.82) is 5.41 Å². The number of para-hydroxylation sites is 2. The molecular weight excluding hydrogens is 1750 g/mol. The van der Waals surface area contributed by atoms with Gasteiger partial charge in [-0.3, -0.25) is 86.9 Å². The van der Waals surface area contributed by atoms with Crippen LogP contribution in [0.25, 0.3) is 21.8 Å². The van der Waals surface area contributed by atoms with E-state index in [0.29, 0.717) is 69.9 Å². The van der Waals surface area contributed by atoms with Crippen molar-refractivity contribution in [2.24, 2.45) is 29.0 Å². The van der Waals surface area contributed by atoms with Crippen LogP contribution in [0.1, 0.15) is 154 Å². The quantitative estimate of drug-likeness (QED) is 0.0183.